The molecule has 1 amide bonds. The third-order valence-electron chi connectivity index (χ3n) is 3.03. The van der Waals surface area contributed by atoms with Crippen molar-refractivity contribution in [2.24, 2.45) is 5.92 Å². The van der Waals surface area contributed by atoms with Crippen molar-refractivity contribution in [3.63, 3.8) is 0 Å². The minimum Gasteiger partial charge on any atom is -0.377 e. The van der Waals surface area contributed by atoms with Crippen LogP contribution in [0, 0.1) is 5.92 Å². The standard InChI is InChI=1S/C14H21N5O2/c1-10(2)8-11(19-6-4-5-7-19)13(20)16-14-15-12(9-21-3)17-18-14/h4-7,10-11H,8-9H2,1-3H3,(H2,15,16,17,18,20). The van der Waals surface area contributed by atoms with E-state index < -0.39 is 0 Å². The SMILES string of the molecule is COCc1nc(NC(=O)C(CC(C)C)n2cccc2)n[nH]1. The van der Waals surface area contributed by atoms with Crippen LogP contribution in [0.5, 0.6) is 0 Å². The zero-order chi connectivity index (χ0) is 15.2. The maximum atomic E-state index is 12.5. The lowest BCUT2D eigenvalue weighted by molar-refractivity contribution is -0.119. The number of rotatable bonds is 7. The number of carbonyl (C=O) groups excluding carboxylic acids is 1. The van der Waals surface area contributed by atoms with E-state index in [1.807, 2.05) is 29.1 Å². The summed E-state index contributed by atoms with van der Waals surface area (Å²) in [6.07, 6.45) is 4.53. The molecule has 0 saturated heterocycles. The van der Waals surface area contributed by atoms with Gasteiger partial charge >= 0.3 is 0 Å². The predicted molar refractivity (Wildman–Crippen MR) is 78.6 cm³/mol. The van der Waals surface area contributed by atoms with Crippen LogP contribution in [-0.4, -0.2) is 32.8 Å². The lowest BCUT2D eigenvalue weighted by Gasteiger charge is -2.19. The van der Waals surface area contributed by atoms with Gasteiger partial charge < -0.3 is 9.30 Å². The van der Waals surface area contributed by atoms with Crippen molar-refractivity contribution in [3.05, 3.63) is 30.4 Å². The van der Waals surface area contributed by atoms with Gasteiger partial charge in [-0.25, -0.2) is 0 Å². The second kappa shape index (κ2) is 7.03. The van der Waals surface area contributed by atoms with E-state index in [9.17, 15) is 4.79 Å². The van der Waals surface area contributed by atoms with Crippen LogP contribution in [-0.2, 0) is 16.1 Å². The number of hydrogen-bond acceptors (Lipinski definition) is 4. The molecule has 0 aliphatic carbocycles. The van der Waals surface area contributed by atoms with Crippen molar-refractivity contribution in [1.82, 2.24) is 19.7 Å². The van der Waals surface area contributed by atoms with Crippen molar-refractivity contribution < 1.29 is 9.53 Å². The molecule has 2 aromatic heterocycles. The van der Waals surface area contributed by atoms with Gasteiger partial charge in [0.25, 0.3) is 0 Å². The fraction of sp³-hybridized carbons (Fsp3) is 0.500. The average Bonchev–Trinajstić information content (AvgIpc) is 3.08. The van der Waals surface area contributed by atoms with Crippen LogP contribution < -0.4 is 5.32 Å². The number of ether oxygens (including phenoxy) is 1. The van der Waals surface area contributed by atoms with Gasteiger partial charge in [-0.2, -0.15) is 4.98 Å². The first-order valence-electron chi connectivity index (χ1n) is 6.93. The van der Waals surface area contributed by atoms with Crippen molar-refractivity contribution in [2.75, 3.05) is 12.4 Å². The van der Waals surface area contributed by atoms with Crippen LogP contribution in [0.15, 0.2) is 24.5 Å². The van der Waals surface area contributed by atoms with Crippen molar-refractivity contribution >= 4 is 11.9 Å². The lowest BCUT2D eigenvalue weighted by Crippen LogP contribution is -2.27. The molecule has 2 rings (SSSR count). The van der Waals surface area contributed by atoms with Crippen LogP contribution in [0.1, 0.15) is 32.1 Å². The van der Waals surface area contributed by atoms with Crippen molar-refractivity contribution in [1.29, 1.82) is 0 Å². The molecule has 21 heavy (non-hydrogen) atoms. The van der Waals surface area contributed by atoms with Crippen LogP contribution in [0.25, 0.3) is 0 Å². The van der Waals surface area contributed by atoms with Gasteiger partial charge in [0.2, 0.25) is 11.9 Å². The van der Waals surface area contributed by atoms with Gasteiger partial charge in [0, 0.05) is 19.5 Å². The Labute approximate surface area is 123 Å². The van der Waals surface area contributed by atoms with Crippen LogP contribution in [0.2, 0.25) is 0 Å². The number of nitrogens with one attached hydrogen (secondary N) is 2. The summed E-state index contributed by atoms with van der Waals surface area (Å²) < 4.78 is 6.86. The molecule has 2 N–H and O–H groups in total. The number of H-pyrrole nitrogens is 1. The first-order chi connectivity index (χ1) is 10.1. The summed E-state index contributed by atoms with van der Waals surface area (Å²) in [7, 11) is 1.57. The van der Waals surface area contributed by atoms with E-state index >= 15 is 0 Å². The molecule has 2 heterocycles. The molecule has 1 unspecified atom stereocenters. The Morgan fingerprint density at radius 3 is 2.76 bits per heavy atom. The zero-order valence-electron chi connectivity index (χ0n) is 12.5. The van der Waals surface area contributed by atoms with Gasteiger partial charge in [-0.3, -0.25) is 15.2 Å². The molecule has 1 atom stereocenters. The highest BCUT2D eigenvalue weighted by atomic mass is 16.5. The van der Waals surface area contributed by atoms with Crippen LogP contribution in [0.3, 0.4) is 0 Å². The minimum absolute atomic E-state index is 0.122. The highest BCUT2D eigenvalue weighted by molar-refractivity contribution is 5.92. The molecule has 114 valence electrons. The number of amides is 1. The Hall–Kier alpha value is -2.15. The topological polar surface area (TPSA) is 84.8 Å². The summed E-state index contributed by atoms with van der Waals surface area (Å²) in [5.41, 5.74) is 0. The molecule has 0 bridgehead atoms. The molecule has 2 aromatic rings. The third-order valence-corrected chi connectivity index (χ3v) is 3.03. The number of hydrogen-bond donors (Lipinski definition) is 2. The molecular weight excluding hydrogens is 270 g/mol. The molecule has 0 fully saturated rings. The van der Waals surface area contributed by atoms with Gasteiger partial charge in [-0.15, -0.1) is 5.10 Å². The second-order valence-corrected chi connectivity index (χ2v) is 5.30. The molecule has 0 aliphatic heterocycles. The molecule has 0 aromatic carbocycles. The summed E-state index contributed by atoms with van der Waals surface area (Å²) in [5.74, 6) is 1.13. The molecular formula is C14H21N5O2. The van der Waals surface area contributed by atoms with Gasteiger partial charge in [-0.05, 0) is 24.5 Å². The van der Waals surface area contributed by atoms with E-state index in [2.05, 4.69) is 34.3 Å². The second-order valence-electron chi connectivity index (χ2n) is 5.30. The van der Waals surface area contributed by atoms with Crippen molar-refractivity contribution in [2.45, 2.75) is 32.9 Å². The van der Waals surface area contributed by atoms with Gasteiger partial charge in [0.05, 0.1) is 0 Å². The molecule has 0 saturated carbocycles. The van der Waals surface area contributed by atoms with E-state index in [0.717, 1.165) is 6.42 Å². The summed E-state index contributed by atoms with van der Waals surface area (Å²) >= 11 is 0. The highest BCUT2D eigenvalue weighted by Gasteiger charge is 2.22. The van der Waals surface area contributed by atoms with Crippen molar-refractivity contribution in [3.8, 4) is 0 Å². The number of aromatic amines is 1. The summed E-state index contributed by atoms with van der Waals surface area (Å²) in [6, 6.07) is 3.54. The summed E-state index contributed by atoms with van der Waals surface area (Å²) in [4.78, 5) is 16.6. The number of methoxy groups -OCH3 is 1. The number of carbonyl (C=O) groups is 1. The quantitative estimate of drug-likeness (QED) is 0.817. The fourth-order valence-corrected chi connectivity index (χ4v) is 2.11. The normalized spacial score (nSPS) is 12.6. The van der Waals surface area contributed by atoms with Crippen LogP contribution in [0.4, 0.5) is 5.95 Å². The summed E-state index contributed by atoms with van der Waals surface area (Å²) in [5, 5.41) is 9.42. The Morgan fingerprint density at radius 1 is 1.43 bits per heavy atom. The largest absolute Gasteiger partial charge is 0.377 e. The number of anilines is 1. The first-order valence-corrected chi connectivity index (χ1v) is 6.93. The first kappa shape index (κ1) is 15.2. The summed E-state index contributed by atoms with van der Waals surface area (Å²) in [6.45, 7) is 4.51. The Kier molecular flexibility index (Phi) is 5.10. The molecule has 7 nitrogen and oxygen atoms in total. The fourth-order valence-electron chi connectivity index (χ4n) is 2.11. The minimum atomic E-state index is -0.274. The Bertz CT molecular complexity index is 562. The Balaban J connectivity index is 2.07. The highest BCUT2D eigenvalue weighted by Crippen LogP contribution is 2.19. The maximum Gasteiger partial charge on any atom is 0.249 e. The number of aromatic nitrogens is 4. The molecule has 0 spiro atoms. The van der Waals surface area contributed by atoms with E-state index in [-0.39, 0.29) is 17.9 Å². The Morgan fingerprint density at radius 2 is 2.14 bits per heavy atom. The van der Waals surface area contributed by atoms with E-state index in [4.69, 9.17) is 4.74 Å². The predicted octanol–water partition coefficient (Wildman–Crippen LogP) is 1.98. The van der Waals surface area contributed by atoms with Crippen LogP contribution >= 0.6 is 0 Å². The van der Waals surface area contributed by atoms with Gasteiger partial charge in [0.15, 0.2) is 5.82 Å². The van der Waals surface area contributed by atoms with E-state index in [1.165, 1.54) is 0 Å². The maximum absolute atomic E-state index is 12.5. The third kappa shape index (κ3) is 4.16. The molecule has 0 radical (unpaired) electrons. The molecule has 7 heteroatoms. The zero-order valence-corrected chi connectivity index (χ0v) is 12.5. The van der Waals surface area contributed by atoms with Gasteiger partial charge in [0.1, 0.15) is 12.6 Å². The lowest BCUT2D eigenvalue weighted by atomic mass is 10.0. The number of nitrogens with zero attached hydrogens (tertiary/aromatic N) is 3. The van der Waals surface area contributed by atoms with E-state index in [1.54, 1.807) is 7.11 Å². The monoisotopic (exact) mass is 291 g/mol. The van der Waals surface area contributed by atoms with Gasteiger partial charge in [-0.1, -0.05) is 13.8 Å². The smallest absolute Gasteiger partial charge is 0.249 e. The molecule has 0 aliphatic rings. The van der Waals surface area contributed by atoms with E-state index in [0.29, 0.717) is 18.3 Å². The average molecular weight is 291 g/mol.